The molecule has 22 heavy (non-hydrogen) atoms. The van der Waals surface area contributed by atoms with Gasteiger partial charge in [0.05, 0.1) is 15.5 Å². The van der Waals surface area contributed by atoms with Crippen LogP contribution in [0.25, 0.3) is 0 Å². The van der Waals surface area contributed by atoms with E-state index in [0.717, 1.165) is 0 Å². The van der Waals surface area contributed by atoms with Gasteiger partial charge in [0, 0.05) is 16.8 Å². The first-order valence-corrected chi connectivity index (χ1v) is 7.14. The molecule has 0 saturated heterocycles. The molecule has 0 aliphatic heterocycles. The van der Waals surface area contributed by atoms with Crippen molar-refractivity contribution in [2.24, 2.45) is 0 Å². The lowest BCUT2D eigenvalue weighted by molar-refractivity contribution is -0.384. The number of hydrogen-bond donors (Lipinski definition) is 1. The van der Waals surface area contributed by atoms with Gasteiger partial charge in [-0.25, -0.2) is 0 Å². The molecule has 0 heterocycles. The van der Waals surface area contributed by atoms with Crippen molar-refractivity contribution in [1.29, 1.82) is 0 Å². The van der Waals surface area contributed by atoms with Gasteiger partial charge in [-0.3, -0.25) is 14.9 Å². The van der Waals surface area contributed by atoms with E-state index < -0.39 is 10.8 Å². The fourth-order valence-electron chi connectivity index (χ4n) is 1.80. The van der Waals surface area contributed by atoms with Crippen molar-refractivity contribution < 1.29 is 9.72 Å². The van der Waals surface area contributed by atoms with Crippen LogP contribution < -0.4 is 5.32 Å². The molecule has 1 N–H and O–H groups in total. The highest BCUT2D eigenvalue weighted by molar-refractivity contribution is 6.36. The molecule has 0 aliphatic carbocycles. The van der Waals surface area contributed by atoms with Crippen LogP contribution in [-0.2, 0) is 0 Å². The van der Waals surface area contributed by atoms with Crippen LogP contribution in [0.3, 0.4) is 0 Å². The van der Waals surface area contributed by atoms with Crippen LogP contribution in [0.5, 0.6) is 0 Å². The van der Waals surface area contributed by atoms with E-state index in [1.165, 1.54) is 24.3 Å². The third-order valence-corrected chi connectivity index (χ3v) is 3.78. The number of anilines is 1. The summed E-state index contributed by atoms with van der Waals surface area (Å²) in [5, 5.41) is 14.0. The summed E-state index contributed by atoms with van der Waals surface area (Å²) in [6.45, 7) is 1.62. The number of amides is 1. The third-order valence-electron chi connectivity index (χ3n) is 2.91. The fourth-order valence-corrected chi connectivity index (χ4v) is 2.41. The molecule has 0 bridgehead atoms. The Morgan fingerprint density at radius 1 is 1.14 bits per heavy atom. The molecule has 0 unspecified atom stereocenters. The van der Waals surface area contributed by atoms with Crippen LogP contribution in [0.15, 0.2) is 30.3 Å². The molecule has 0 aliphatic rings. The molecular weight excluding hydrogens is 351 g/mol. The Kier molecular flexibility index (Phi) is 4.90. The topological polar surface area (TPSA) is 72.2 Å². The summed E-state index contributed by atoms with van der Waals surface area (Å²) < 4.78 is 0. The second-order valence-corrected chi connectivity index (χ2v) is 5.70. The van der Waals surface area contributed by atoms with Crippen molar-refractivity contribution in [3.8, 4) is 0 Å². The van der Waals surface area contributed by atoms with E-state index in [0.29, 0.717) is 16.3 Å². The molecule has 2 rings (SSSR count). The summed E-state index contributed by atoms with van der Waals surface area (Å²) in [6, 6.07) is 7.12. The van der Waals surface area contributed by atoms with Crippen molar-refractivity contribution in [2.45, 2.75) is 6.92 Å². The Morgan fingerprint density at radius 3 is 2.45 bits per heavy atom. The number of nitro groups is 1. The molecular formula is C14H9Cl3N2O3. The Labute approximate surface area is 140 Å². The fraction of sp³-hybridized carbons (Fsp3) is 0.0714. The number of halogens is 3. The zero-order chi connectivity index (χ0) is 16.4. The lowest BCUT2D eigenvalue weighted by Crippen LogP contribution is -2.13. The van der Waals surface area contributed by atoms with Gasteiger partial charge >= 0.3 is 0 Å². The van der Waals surface area contributed by atoms with E-state index in [4.69, 9.17) is 34.8 Å². The van der Waals surface area contributed by atoms with Crippen LogP contribution in [0.1, 0.15) is 15.9 Å². The van der Waals surface area contributed by atoms with Gasteiger partial charge in [0.1, 0.15) is 5.02 Å². The molecule has 0 spiro atoms. The zero-order valence-electron chi connectivity index (χ0n) is 11.2. The number of carbonyl (C=O) groups is 1. The van der Waals surface area contributed by atoms with Crippen molar-refractivity contribution in [3.05, 3.63) is 66.6 Å². The highest BCUT2D eigenvalue weighted by Gasteiger charge is 2.17. The van der Waals surface area contributed by atoms with E-state index in [2.05, 4.69) is 5.32 Å². The standard InChI is InChI=1S/C14H9Cl3N2O3/c1-7-4-13(19(21)22)11(17)6-12(7)18-14(20)9-5-8(15)2-3-10(9)16/h2-6H,1H3,(H,18,20). The number of nitro benzene ring substituents is 1. The number of aryl methyl sites for hydroxylation is 1. The quantitative estimate of drug-likeness (QED) is 0.611. The first kappa shape index (κ1) is 16.5. The van der Waals surface area contributed by atoms with E-state index >= 15 is 0 Å². The Hall–Kier alpha value is -1.82. The second kappa shape index (κ2) is 6.52. The summed E-state index contributed by atoms with van der Waals surface area (Å²) >= 11 is 17.6. The number of rotatable bonds is 3. The predicted molar refractivity (Wildman–Crippen MR) is 87.3 cm³/mol. The van der Waals surface area contributed by atoms with E-state index in [1.54, 1.807) is 13.0 Å². The highest BCUT2D eigenvalue weighted by atomic mass is 35.5. The van der Waals surface area contributed by atoms with E-state index in [1.807, 2.05) is 0 Å². The maximum atomic E-state index is 12.2. The largest absolute Gasteiger partial charge is 0.322 e. The SMILES string of the molecule is Cc1cc([N+](=O)[O-])c(Cl)cc1NC(=O)c1cc(Cl)ccc1Cl. The predicted octanol–water partition coefficient (Wildman–Crippen LogP) is 5.12. The van der Waals surface area contributed by atoms with Crippen LogP contribution in [0.4, 0.5) is 11.4 Å². The second-order valence-electron chi connectivity index (χ2n) is 4.45. The number of nitrogens with zero attached hydrogens (tertiary/aromatic N) is 1. The molecule has 0 saturated carbocycles. The van der Waals surface area contributed by atoms with Gasteiger partial charge in [0.15, 0.2) is 0 Å². The molecule has 0 fully saturated rings. The normalized spacial score (nSPS) is 10.4. The summed E-state index contributed by atoms with van der Waals surface area (Å²) in [5.41, 5.74) is 0.834. The van der Waals surface area contributed by atoms with Crippen LogP contribution >= 0.6 is 34.8 Å². The first-order chi connectivity index (χ1) is 10.3. The number of carbonyl (C=O) groups excluding carboxylic acids is 1. The summed E-state index contributed by atoms with van der Waals surface area (Å²) in [6.07, 6.45) is 0. The smallest absolute Gasteiger partial charge is 0.288 e. The van der Waals surface area contributed by atoms with Gasteiger partial charge in [-0.1, -0.05) is 34.8 Å². The monoisotopic (exact) mass is 358 g/mol. The van der Waals surface area contributed by atoms with Crippen molar-refractivity contribution in [2.75, 3.05) is 5.32 Å². The first-order valence-electron chi connectivity index (χ1n) is 6.00. The van der Waals surface area contributed by atoms with Crippen molar-refractivity contribution in [1.82, 2.24) is 0 Å². The number of hydrogen-bond acceptors (Lipinski definition) is 3. The average Bonchev–Trinajstić information content (AvgIpc) is 2.44. The summed E-state index contributed by atoms with van der Waals surface area (Å²) in [5.74, 6) is -0.486. The van der Waals surface area contributed by atoms with Crippen LogP contribution in [-0.4, -0.2) is 10.8 Å². The minimum absolute atomic E-state index is 0.0666. The van der Waals surface area contributed by atoms with Gasteiger partial charge in [0.2, 0.25) is 0 Å². The van der Waals surface area contributed by atoms with E-state index in [9.17, 15) is 14.9 Å². The summed E-state index contributed by atoms with van der Waals surface area (Å²) in [4.78, 5) is 22.5. The Balaban J connectivity index is 2.35. The van der Waals surface area contributed by atoms with Crippen LogP contribution in [0, 0.1) is 17.0 Å². The molecule has 2 aromatic rings. The zero-order valence-corrected chi connectivity index (χ0v) is 13.5. The molecule has 0 aromatic heterocycles. The van der Waals surface area contributed by atoms with E-state index in [-0.39, 0.29) is 21.3 Å². The van der Waals surface area contributed by atoms with Gasteiger partial charge in [-0.05, 0) is 36.8 Å². The number of nitrogens with one attached hydrogen (secondary N) is 1. The highest BCUT2D eigenvalue weighted by Crippen LogP contribution is 2.31. The maximum absolute atomic E-state index is 12.2. The van der Waals surface area contributed by atoms with Crippen molar-refractivity contribution in [3.63, 3.8) is 0 Å². The average molecular weight is 360 g/mol. The maximum Gasteiger partial charge on any atom is 0.288 e. The minimum atomic E-state index is -0.589. The molecule has 2 aromatic carbocycles. The van der Waals surface area contributed by atoms with Crippen molar-refractivity contribution >= 4 is 52.1 Å². The molecule has 5 nitrogen and oxygen atoms in total. The molecule has 8 heteroatoms. The van der Waals surface area contributed by atoms with Gasteiger partial charge in [-0.2, -0.15) is 0 Å². The third kappa shape index (κ3) is 3.50. The molecule has 114 valence electrons. The van der Waals surface area contributed by atoms with Gasteiger partial charge < -0.3 is 5.32 Å². The Bertz CT molecular complexity index is 778. The minimum Gasteiger partial charge on any atom is -0.322 e. The molecule has 0 atom stereocenters. The van der Waals surface area contributed by atoms with Gasteiger partial charge in [0.25, 0.3) is 11.6 Å². The van der Waals surface area contributed by atoms with Gasteiger partial charge in [-0.15, -0.1) is 0 Å². The lowest BCUT2D eigenvalue weighted by atomic mass is 10.1. The molecule has 1 amide bonds. The van der Waals surface area contributed by atoms with Crippen LogP contribution in [0.2, 0.25) is 15.1 Å². The lowest BCUT2D eigenvalue weighted by Gasteiger charge is -2.10. The molecule has 0 radical (unpaired) electrons. The number of benzene rings is 2. The Morgan fingerprint density at radius 2 is 1.82 bits per heavy atom. The summed E-state index contributed by atoms with van der Waals surface area (Å²) in [7, 11) is 0.